The van der Waals surface area contributed by atoms with Crippen LogP contribution in [0, 0.1) is 5.41 Å². The molecule has 0 radical (unpaired) electrons. The van der Waals surface area contributed by atoms with Crippen molar-refractivity contribution in [2.24, 2.45) is 16.9 Å². The molecular weight excluding hydrogens is 340 g/mol. The molecule has 0 saturated carbocycles. The van der Waals surface area contributed by atoms with Gasteiger partial charge in [0.1, 0.15) is 11.6 Å². The van der Waals surface area contributed by atoms with Crippen LogP contribution in [0.15, 0.2) is 0 Å². The number of hydrogen-bond acceptors (Lipinski definition) is 5. The minimum absolute atomic E-state index is 0.00317. The van der Waals surface area contributed by atoms with Crippen molar-refractivity contribution >= 4 is 23.8 Å². The molecular formula is C17H28N4O5. The van der Waals surface area contributed by atoms with Gasteiger partial charge < -0.3 is 26.0 Å². The van der Waals surface area contributed by atoms with E-state index in [9.17, 15) is 19.2 Å². The Balaban J connectivity index is 1.92. The fraction of sp³-hybridized carbons (Fsp3) is 0.765. The van der Waals surface area contributed by atoms with Gasteiger partial charge in [-0.1, -0.05) is 0 Å². The van der Waals surface area contributed by atoms with E-state index in [-0.39, 0.29) is 24.8 Å². The van der Waals surface area contributed by atoms with Crippen LogP contribution in [0.5, 0.6) is 0 Å². The molecule has 9 heteroatoms. The Bertz CT molecular complexity index is 605. The Hall–Kier alpha value is -2.32. The summed E-state index contributed by atoms with van der Waals surface area (Å²) in [6, 6.07) is -0.815. The number of piperidine rings is 1. The van der Waals surface area contributed by atoms with Gasteiger partial charge in [-0.3, -0.25) is 14.4 Å². The molecule has 2 rings (SSSR count). The number of carbonyl (C=O) groups excluding carboxylic acids is 4. The fourth-order valence-corrected chi connectivity index (χ4v) is 3.48. The van der Waals surface area contributed by atoms with E-state index < -0.39 is 28.9 Å². The second kappa shape index (κ2) is 7.13. The summed E-state index contributed by atoms with van der Waals surface area (Å²) in [6.45, 7) is 6.67. The van der Waals surface area contributed by atoms with Crippen molar-refractivity contribution in [2.75, 3.05) is 19.6 Å². The van der Waals surface area contributed by atoms with Crippen molar-refractivity contribution in [1.29, 1.82) is 0 Å². The molecule has 0 aliphatic carbocycles. The topological polar surface area (TPSA) is 136 Å². The summed E-state index contributed by atoms with van der Waals surface area (Å²) in [4.78, 5) is 50.4. The Morgan fingerprint density at radius 2 is 1.77 bits per heavy atom. The molecule has 146 valence electrons. The number of carbonyl (C=O) groups is 4. The first-order valence-electron chi connectivity index (χ1n) is 8.82. The average Bonchev–Trinajstić information content (AvgIpc) is 2.52. The highest BCUT2D eigenvalue weighted by molar-refractivity contribution is 5.94. The lowest BCUT2D eigenvalue weighted by atomic mass is 9.70. The highest BCUT2D eigenvalue weighted by Gasteiger charge is 2.56. The SMILES string of the molecule is CC(C)(C)OC(=O)N1CCC2(CC1)CN([C@@H](CCC(N)=O)C(N)=O)C2=O. The van der Waals surface area contributed by atoms with Crippen molar-refractivity contribution in [3.63, 3.8) is 0 Å². The van der Waals surface area contributed by atoms with Crippen molar-refractivity contribution in [3.8, 4) is 0 Å². The minimum atomic E-state index is -0.815. The van der Waals surface area contributed by atoms with Gasteiger partial charge >= 0.3 is 6.09 Å². The van der Waals surface area contributed by atoms with Crippen LogP contribution in [-0.4, -0.2) is 64.9 Å². The molecule has 0 aromatic heterocycles. The van der Waals surface area contributed by atoms with Crippen molar-refractivity contribution in [2.45, 2.75) is 58.1 Å². The summed E-state index contributed by atoms with van der Waals surface area (Å²) in [5, 5.41) is 0. The normalized spacial score (nSPS) is 20.5. The molecule has 2 saturated heterocycles. The van der Waals surface area contributed by atoms with E-state index in [4.69, 9.17) is 16.2 Å². The van der Waals surface area contributed by atoms with E-state index >= 15 is 0 Å². The molecule has 1 spiro atoms. The van der Waals surface area contributed by atoms with Crippen LogP contribution >= 0.6 is 0 Å². The summed E-state index contributed by atoms with van der Waals surface area (Å²) in [7, 11) is 0. The number of ether oxygens (including phenoxy) is 1. The van der Waals surface area contributed by atoms with E-state index in [0.717, 1.165) is 0 Å². The van der Waals surface area contributed by atoms with Gasteiger partial charge in [-0.15, -0.1) is 0 Å². The molecule has 0 unspecified atom stereocenters. The van der Waals surface area contributed by atoms with Crippen LogP contribution in [0.2, 0.25) is 0 Å². The molecule has 9 nitrogen and oxygen atoms in total. The highest BCUT2D eigenvalue weighted by Crippen LogP contribution is 2.43. The van der Waals surface area contributed by atoms with Crippen LogP contribution in [0.1, 0.15) is 46.5 Å². The first-order valence-corrected chi connectivity index (χ1v) is 8.82. The molecule has 0 bridgehead atoms. The van der Waals surface area contributed by atoms with Gasteiger partial charge in [-0.2, -0.15) is 0 Å². The number of β-lactam (4-membered cyclic amide) rings is 1. The van der Waals surface area contributed by atoms with Gasteiger partial charge in [-0.05, 0) is 40.0 Å². The number of primary amides is 2. The Kier molecular flexibility index (Phi) is 5.48. The van der Waals surface area contributed by atoms with Gasteiger partial charge in [-0.25, -0.2) is 4.79 Å². The quantitative estimate of drug-likeness (QED) is 0.657. The van der Waals surface area contributed by atoms with Gasteiger partial charge in [0.2, 0.25) is 17.7 Å². The van der Waals surface area contributed by atoms with Gasteiger partial charge in [0.05, 0.1) is 5.41 Å². The summed E-state index contributed by atoms with van der Waals surface area (Å²) >= 11 is 0. The summed E-state index contributed by atoms with van der Waals surface area (Å²) in [5.41, 5.74) is 9.37. The van der Waals surface area contributed by atoms with Gasteiger partial charge in [0.25, 0.3) is 0 Å². The zero-order valence-electron chi connectivity index (χ0n) is 15.6. The van der Waals surface area contributed by atoms with Gasteiger partial charge in [0.15, 0.2) is 0 Å². The summed E-state index contributed by atoms with van der Waals surface area (Å²) in [5.74, 6) is -1.32. The molecule has 4 N–H and O–H groups in total. The molecule has 0 aromatic carbocycles. The lowest BCUT2D eigenvalue weighted by Gasteiger charge is -2.54. The maximum absolute atomic E-state index is 12.7. The number of hydrogen-bond donors (Lipinski definition) is 2. The van der Waals surface area contributed by atoms with Crippen molar-refractivity contribution < 1.29 is 23.9 Å². The predicted octanol–water partition coefficient (Wildman–Crippen LogP) is -0.0347. The molecule has 2 aliphatic rings. The molecule has 2 fully saturated rings. The smallest absolute Gasteiger partial charge is 0.410 e. The standard InChI is InChI=1S/C17H28N4O5/c1-16(2,3)26-15(25)20-8-6-17(7-9-20)10-21(14(17)24)11(13(19)23)4-5-12(18)22/h11H,4-10H2,1-3H3,(H2,18,22)(H2,19,23)/t11-/m0/s1. The number of nitrogens with zero attached hydrogens (tertiary/aromatic N) is 2. The lowest BCUT2D eigenvalue weighted by Crippen LogP contribution is -2.69. The zero-order valence-corrected chi connectivity index (χ0v) is 15.6. The summed E-state index contributed by atoms with van der Waals surface area (Å²) < 4.78 is 5.36. The van der Waals surface area contributed by atoms with Gasteiger partial charge in [0, 0.05) is 26.1 Å². The highest BCUT2D eigenvalue weighted by atomic mass is 16.6. The summed E-state index contributed by atoms with van der Waals surface area (Å²) in [6.07, 6.45) is 0.784. The van der Waals surface area contributed by atoms with Crippen LogP contribution in [-0.2, 0) is 19.1 Å². The first kappa shape index (κ1) is 20.0. The lowest BCUT2D eigenvalue weighted by molar-refractivity contribution is -0.172. The van der Waals surface area contributed by atoms with Crippen LogP contribution < -0.4 is 11.5 Å². The fourth-order valence-electron chi connectivity index (χ4n) is 3.48. The predicted molar refractivity (Wildman–Crippen MR) is 92.6 cm³/mol. The van der Waals surface area contributed by atoms with E-state index in [0.29, 0.717) is 32.5 Å². The third-order valence-electron chi connectivity index (χ3n) is 4.93. The third-order valence-corrected chi connectivity index (χ3v) is 4.93. The minimum Gasteiger partial charge on any atom is -0.444 e. The third kappa shape index (κ3) is 4.25. The van der Waals surface area contributed by atoms with E-state index in [1.165, 1.54) is 4.90 Å². The average molecular weight is 368 g/mol. The first-order chi connectivity index (χ1) is 11.9. The Morgan fingerprint density at radius 1 is 1.19 bits per heavy atom. The number of nitrogens with two attached hydrogens (primary N) is 2. The Labute approximate surface area is 153 Å². The molecule has 0 aromatic rings. The maximum Gasteiger partial charge on any atom is 0.410 e. The number of likely N-dealkylation sites (tertiary alicyclic amines) is 2. The molecule has 2 heterocycles. The van der Waals surface area contributed by atoms with Crippen LogP contribution in [0.3, 0.4) is 0 Å². The Morgan fingerprint density at radius 3 is 2.19 bits per heavy atom. The van der Waals surface area contributed by atoms with Crippen LogP contribution in [0.4, 0.5) is 4.79 Å². The van der Waals surface area contributed by atoms with E-state index in [1.807, 2.05) is 0 Å². The maximum atomic E-state index is 12.7. The number of amides is 4. The molecule has 26 heavy (non-hydrogen) atoms. The number of rotatable bonds is 5. The van der Waals surface area contributed by atoms with E-state index in [1.54, 1.807) is 25.7 Å². The molecule has 2 aliphatic heterocycles. The monoisotopic (exact) mass is 368 g/mol. The van der Waals surface area contributed by atoms with Crippen molar-refractivity contribution in [1.82, 2.24) is 9.80 Å². The zero-order chi connectivity index (χ0) is 19.7. The van der Waals surface area contributed by atoms with E-state index in [2.05, 4.69) is 0 Å². The largest absolute Gasteiger partial charge is 0.444 e. The van der Waals surface area contributed by atoms with Crippen molar-refractivity contribution in [3.05, 3.63) is 0 Å². The molecule has 4 amide bonds. The second-order valence-electron chi connectivity index (χ2n) is 8.10. The molecule has 1 atom stereocenters. The van der Waals surface area contributed by atoms with Crippen LogP contribution in [0.25, 0.3) is 0 Å². The second-order valence-corrected chi connectivity index (χ2v) is 8.10.